The van der Waals surface area contributed by atoms with E-state index in [9.17, 15) is 14.4 Å². The molecule has 3 aromatic rings. The highest BCUT2D eigenvalue weighted by Crippen LogP contribution is 2.15. The SMILES string of the molecule is COC(=O)c1cccc(NC(=O)CCn2cnc3ccc(Br)cc3c2=O)c1. The average molecular weight is 430 g/mol. The van der Waals surface area contributed by atoms with Gasteiger partial charge in [0.2, 0.25) is 5.91 Å². The third-order valence-electron chi connectivity index (χ3n) is 3.93. The summed E-state index contributed by atoms with van der Waals surface area (Å²) in [4.78, 5) is 40.5. The molecule has 0 bridgehead atoms. The number of ether oxygens (including phenoxy) is 1. The fourth-order valence-corrected chi connectivity index (χ4v) is 2.94. The quantitative estimate of drug-likeness (QED) is 0.629. The van der Waals surface area contributed by atoms with Gasteiger partial charge in [-0.05, 0) is 36.4 Å². The van der Waals surface area contributed by atoms with E-state index in [0.717, 1.165) is 4.47 Å². The molecule has 0 aliphatic rings. The van der Waals surface area contributed by atoms with E-state index in [2.05, 4.69) is 31.0 Å². The Labute approximate surface area is 163 Å². The minimum Gasteiger partial charge on any atom is -0.465 e. The van der Waals surface area contributed by atoms with Crippen LogP contribution in [0.1, 0.15) is 16.8 Å². The van der Waals surface area contributed by atoms with Gasteiger partial charge >= 0.3 is 5.97 Å². The first kappa shape index (κ1) is 18.8. The average Bonchev–Trinajstić information content (AvgIpc) is 2.67. The third-order valence-corrected chi connectivity index (χ3v) is 4.43. The Kier molecular flexibility index (Phi) is 5.66. The van der Waals surface area contributed by atoms with Crippen molar-refractivity contribution in [1.29, 1.82) is 0 Å². The third kappa shape index (κ3) is 4.40. The number of hydrogen-bond donors (Lipinski definition) is 1. The van der Waals surface area contributed by atoms with Crippen LogP contribution >= 0.6 is 15.9 Å². The number of nitrogens with one attached hydrogen (secondary N) is 1. The fraction of sp³-hybridized carbons (Fsp3) is 0.158. The second-order valence-electron chi connectivity index (χ2n) is 5.78. The van der Waals surface area contributed by atoms with Crippen LogP contribution < -0.4 is 10.9 Å². The summed E-state index contributed by atoms with van der Waals surface area (Å²) >= 11 is 3.34. The lowest BCUT2D eigenvalue weighted by molar-refractivity contribution is -0.116. The number of fused-ring (bicyclic) bond motifs is 1. The van der Waals surface area contributed by atoms with Crippen molar-refractivity contribution in [2.45, 2.75) is 13.0 Å². The number of anilines is 1. The topological polar surface area (TPSA) is 90.3 Å². The first-order valence-electron chi connectivity index (χ1n) is 8.11. The zero-order chi connectivity index (χ0) is 19.4. The number of hydrogen-bond acceptors (Lipinski definition) is 5. The van der Waals surface area contributed by atoms with Crippen molar-refractivity contribution in [3.8, 4) is 0 Å². The fourth-order valence-electron chi connectivity index (χ4n) is 2.58. The van der Waals surface area contributed by atoms with Crippen molar-refractivity contribution in [2.24, 2.45) is 0 Å². The Hall–Kier alpha value is -3.00. The molecule has 1 N–H and O–H groups in total. The lowest BCUT2D eigenvalue weighted by Crippen LogP contribution is -2.23. The molecular formula is C19H16BrN3O4. The number of carbonyl (C=O) groups excluding carboxylic acids is 2. The van der Waals surface area contributed by atoms with Crippen molar-refractivity contribution >= 4 is 44.4 Å². The van der Waals surface area contributed by atoms with Gasteiger partial charge in [-0.3, -0.25) is 14.2 Å². The number of methoxy groups -OCH3 is 1. The molecule has 8 heteroatoms. The number of esters is 1. The summed E-state index contributed by atoms with van der Waals surface area (Å²) in [6.45, 7) is 0.191. The van der Waals surface area contributed by atoms with Gasteiger partial charge in [0.15, 0.2) is 0 Å². The minimum atomic E-state index is -0.481. The Bertz CT molecular complexity index is 1080. The van der Waals surface area contributed by atoms with Gasteiger partial charge in [-0.15, -0.1) is 0 Å². The predicted octanol–water partition coefficient (Wildman–Crippen LogP) is 2.97. The number of aromatic nitrogens is 2. The summed E-state index contributed by atoms with van der Waals surface area (Å²) in [7, 11) is 1.29. The number of amides is 1. The maximum Gasteiger partial charge on any atom is 0.337 e. The highest BCUT2D eigenvalue weighted by Gasteiger charge is 2.10. The summed E-state index contributed by atoms with van der Waals surface area (Å²) in [5.74, 6) is -0.760. The summed E-state index contributed by atoms with van der Waals surface area (Å²) in [5.41, 5.74) is 1.22. The van der Waals surface area contributed by atoms with E-state index in [4.69, 9.17) is 0 Å². The highest BCUT2D eigenvalue weighted by atomic mass is 79.9. The number of rotatable bonds is 5. The van der Waals surface area contributed by atoms with Gasteiger partial charge in [0, 0.05) is 23.1 Å². The van der Waals surface area contributed by atoms with Crippen molar-refractivity contribution in [1.82, 2.24) is 9.55 Å². The number of carbonyl (C=O) groups is 2. The van der Waals surface area contributed by atoms with Gasteiger partial charge in [-0.1, -0.05) is 22.0 Å². The van der Waals surface area contributed by atoms with Crippen LogP contribution in [-0.2, 0) is 16.1 Å². The standard InChI is InChI=1S/C19H16BrN3O4/c1-27-19(26)12-3-2-4-14(9-12)22-17(24)7-8-23-11-21-16-6-5-13(20)10-15(16)18(23)25/h2-6,9-11H,7-8H2,1H3,(H,22,24). The van der Waals surface area contributed by atoms with E-state index < -0.39 is 5.97 Å². The molecular weight excluding hydrogens is 414 g/mol. The van der Waals surface area contributed by atoms with Crippen molar-refractivity contribution in [2.75, 3.05) is 12.4 Å². The largest absolute Gasteiger partial charge is 0.465 e. The summed E-state index contributed by atoms with van der Waals surface area (Å²) < 4.78 is 6.85. The Morgan fingerprint density at radius 2 is 2.04 bits per heavy atom. The highest BCUT2D eigenvalue weighted by molar-refractivity contribution is 9.10. The monoisotopic (exact) mass is 429 g/mol. The Morgan fingerprint density at radius 1 is 1.22 bits per heavy atom. The van der Waals surface area contributed by atoms with Crippen molar-refractivity contribution < 1.29 is 14.3 Å². The molecule has 1 heterocycles. The van der Waals surface area contributed by atoms with E-state index in [1.54, 1.807) is 30.3 Å². The molecule has 0 spiro atoms. The van der Waals surface area contributed by atoms with Crippen LogP contribution in [0.3, 0.4) is 0 Å². The zero-order valence-corrected chi connectivity index (χ0v) is 16.0. The summed E-state index contributed by atoms with van der Waals surface area (Å²) in [6.07, 6.45) is 1.52. The molecule has 3 rings (SSSR count). The first-order valence-corrected chi connectivity index (χ1v) is 8.90. The first-order chi connectivity index (χ1) is 13.0. The molecule has 0 aliphatic carbocycles. The van der Waals surface area contributed by atoms with Gasteiger partial charge in [0.25, 0.3) is 5.56 Å². The molecule has 0 unspecified atom stereocenters. The van der Waals surface area contributed by atoms with Gasteiger partial charge in [0.05, 0.1) is 29.9 Å². The molecule has 2 aromatic carbocycles. The maximum absolute atomic E-state index is 12.5. The molecule has 0 fully saturated rings. The van der Waals surface area contributed by atoms with E-state index in [0.29, 0.717) is 22.2 Å². The molecule has 1 aromatic heterocycles. The predicted molar refractivity (Wildman–Crippen MR) is 105 cm³/mol. The summed E-state index contributed by atoms with van der Waals surface area (Å²) in [5, 5.41) is 3.19. The lowest BCUT2D eigenvalue weighted by atomic mass is 10.2. The smallest absolute Gasteiger partial charge is 0.337 e. The van der Waals surface area contributed by atoms with Crippen LogP contribution in [0.4, 0.5) is 5.69 Å². The molecule has 0 saturated heterocycles. The molecule has 0 radical (unpaired) electrons. The second kappa shape index (κ2) is 8.13. The zero-order valence-electron chi connectivity index (χ0n) is 14.4. The molecule has 0 saturated carbocycles. The molecule has 0 atom stereocenters. The van der Waals surface area contributed by atoms with Crippen molar-refractivity contribution in [3.05, 3.63) is 69.2 Å². The Balaban J connectivity index is 1.69. The molecule has 0 aliphatic heterocycles. The van der Waals surface area contributed by atoms with Crippen LogP contribution in [0.2, 0.25) is 0 Å². The van der Waals surface area contributed by atoms with Gasteiger partial charge in [-0.2, -0.15) is 0 Å². The van der Waals surface area contributed by atoms with E-state index >= 15 is 0 Å². The minimum absolute atomic E-state index is 0.0869. The van der Waals surface area contributed by atoms with Crippen molar-refractivity contribution in [3.63, 3.8) is 0 Å². The number of nitrogens with zero attached hydrogens (tertiary/aromatic N) is 2. The van der Waals surface area contributed by atoms with E-state index in [1.165, 1.54) is 24.1 Å². The van der Waals surface area contributed by atoms with Crippen LogP contribution in [0.5, 0.6) is 0 Å². The number of benzene rings is 2. The van der Waals surface area contributed by atoms with Crippen LogP contribution in [0, 0.1) is 0 Å². The normalized spacial score (nSPS) is 10.6. The van der Waals surface area contributed by atoms with Gasteiger partial charge in [-0.25, -0.2) is 9.78 Å². The van der Waals surface area contributed by atoms with E-state index in [-0.39, 0.29) is 24.4 Å². The maximum atomic E-state index is 12.5. The molecule has 138 valence electrons. The number of halogens is 1. The second-order valence-corrected chi connectivity index (χ2v) is 6.69. The van der Waals surface area contributed by atoms with Crippen LogP contribution in [0.15, 0.2) is 58.1 Å². The summed E-state index contributed by atoms with van der Waals surface area (Å²) in [6, 6.07) is 11.7. The van der Waals surface area contributed by atoms with Crippen LogP contribution in [-0.4, -0.2) is 28.5 Å². The number of aryl methyl sites for hydroxylation is 1. The molecule has 1 amide bonds. The lowest BCUT2D eigenvalue weighted by Gasteiger charge is -2.09. The molecule has 27 heavy (non-hydrogen) atoms. The van der Waals surface area contributed by atoms with E-state index in [1.807, 2.05) is 6.07 Å². The van der Waals surface area contributed by atoms with Gasteiger partial charge in [0.1, 0.15) is 0 Å². The molecule has 7 nitrogen and oxygen atoms in total. The van der Waals surface area contributed by atoms with Crippen LogP contribution in [0.25, 0.3) is 10.9 Å². The van der Waals surface area contributed by atoms with Gasteiger partial charge < -0.3 is 10.1 Å². The Morgan fingerprint density at radius 3 is 2.81 bits per heavy atom.